The molecule has 0 unspecified atom stereocenters. The van der Waals surface area contributed by atoms with E-state index in [0.29, 0.717) is 17.9 Å². The van der Waals surface area contributed by atoms with Crippen molar-refractivity contribution < 1.29 is 9.18 Å². The van der Waals surface area contributed by atoms with Crippen molar-refractivity contribution in [2.75, 3.05) is 22.5 Å². The number of rotatable bonds is 1. The predicted molar refractivity (Wildman–Crippen MR) is 77.3 cm³/mol. The van der Waals surface area contributed by atoms with Gasteiger partial charge in [-0.15, -0.1) is 0 Å². The maximum absolute atomic E-state index is 12.8. The number of fused-ring (bicyclic) bond motifs is 1. The molecule has 0 spiro atoms. The highest BCUT2D eigenvalue weighted by molar-refractivity contribution is 6.03. The Balaban J connectivity index is 1.80. The normalized spacial score (nSPS) is 13.2. The van der Waals surface area contributed by atoms with Gasteiger partial charge in [0.25, 0.3) is 0 Å². The number of hydrogen-bond donors (Lipinski definition) is 2. The van der Waals surface area contributed by atoms with Crippen LogP contribution in [0.15, 0.2) is 42.5 Å². The van der Waals surface area contributed by atoms with Crippen LogP contribution in [-0.4, -0.2) is 12.6 Å². The topological polar surface area (TPSA) is 58.4 Å². The van der Waals surface area contributed by atoms with E-state index in [1.165, 1.54) is 24.3 Å². The van der Waals surface area contributed by atoms with E-state index < -0.39 is 0 Å². The summed E-state index contributed by atoms with van der Waals surface area (Å²) in [5.41, 5.74) is 9.01. The Morgan fingerprint density at radius 3 is 2.70 bits per heavy atom. The van der Waals surface area contributed by atoms with Crippen LogP contribution >= 0.6 is 0 Å². The van der Waals surface area contributed by atoms with E-state index in [-0.39, 0.29) is 11.8 Å². The smallest absolute Gasteiger partial charge is 0.326 e. The number of amides is 2. The molecule has 0 aromatic heterocycles. The minimum absolute atomic E-state index is 0.235. The van der Waals surface area contributed by atoms with E-state index in [1.807, 2.05) is 18.2 Å². The van der Waals surface area contributed by atoms with Gasteiger partial charge in [-0.25, -0.2) is 9.18 Å². The van der Waals surface area contributed by atoms with Crippen LogP contribution in [0.2, 0.25) is 0 Å². The maximum atomic E-state index is 12.8. The Hall–Kier alpha value is -2.56. The van der Waals surface area contributed by atoms with Gasteiger partial charge < -0.3 is 11.1 Å². The molecule has 20 heavy (non-hydrogen) atoms. The van der Waals surface area contributed by atoms with Gasteiger partial charge in [-0.05, 0) is 42.8 Å². The summed E-state index contributed by atoms with van der Waals surface area (Å²) < 4.78 is 12.8. The van der Waals surface area contributed by atoms with Gasteiger partial charge in [0.2, 0.25) is 0 Å². The molecule has 1 aliphatic heterocycles. The second-order valence-corrected chi connectivity index (χ2v) is 4.68. The van der Waals surface area contributed by atoms with Crippen molar-refractivity contribution in [2.45, 2.75) is 6.42 Å². The summed E-state index contributed by atoms with van der Waals surface area (Å²) in [4.78, 5) is 13.9. The van der Waals surface area contributed by atoms with Crippen LogP contribution in [0.3, 0.4) is 0 Å². The van der Waals surface area contributed by atoms with Crippen molar-refractivity contribution in [3.8, 4) is 0 Å². The molecule has 1 aliphatic rings. The third kappa shape index (κ3) is 2.18. The highest BCUT2D eigenvalue weighted by atomic mass is 19.1. The molecule has 0 radical (unpaired) electrons. The van der Waals surface area contributed by atoms with Gasteiger partial charge in [0.1, 0.15) is 5.82 Å². The summed E-state index contributed by atoms with van der Waals surface area (Å²) in [6.07, 6.45) is 0.749. The molecule has 5 heteroatoms. The van der Waals surface area contributed by atoms with E-state index in [0.717, 1.165) is 17.7 Å². The SMILES string of the molecule is Nc1cccc2c1CCN2C(=O)Nc1ccc(F)cc1. The van der Waals surface area contributed by atoms with Crippen molar-refractivity contribution in [2.24, 2.45) is 0 Å². The van der Waals surface area contributed by atoms with E-state index in [2.05, 4.69) is 5.32 Å². The lowest BCUT2D eigenvalue weighted by Gasteiger charge is -2.18. The Kier molecular flexibility index (Phi) is 3.02. The molecule has 2 amide bonds. The Labute approximate surface area is 116 Å². The van der Waals surface area contributed by atoms with Crippen LogP contribution in [0, 0.1) is 5.82 Å². The molecule has 0 bridgehead atoms. The lowest BCUT2D eigenvalue weighted by atomic mass is 10.1. The molecule has 0 saturated heterocycles. The Morgan fingerprint density at radius 1 is 1.20 bits per heavy atom. The number of carbonyl (C=O) groups is 1. The molecule has 0 atom stereocenters. The van der Waals surface area contributed by atoms with Crippen LogP contribution in [0.4, 0.5) is 26.2 Å². The summed E-state index contributed by atoms with van der Waals surface area (Å²) in [6, 6.07) is 11.0. The molecule has 3 rings (SSSR count). The second kappa shape index (κ2) is 4.85. The quantitative estimate of drug-likeness (QED) is 0.783. The first-order valence-corrected chi connectivity index (χ1v) is 6.36. The largest absolute Gasteiger partial charge is 0.398 e. The molecule has 1 heterocycles. The number of nitrogens with two attached hydrogens (primary N) is 1. The van der Waals surface area contributed by atoms with Crippen molar-refractivity contribution in [3.63, 3.8) is 0 Å². The van der Waals surface area contributed by atoms with Crippen LogP contribution in [0.25, 0.3) is 0 Å². The minimum Gasteiger partial charge on any atom is -0.398 e. The highest BCUT2D eigenvalue weighted by Gasteiger charge is 2.25. The molecule has 2 aromatic carbocycles. The highest BCUT2D eigenvalue weighted by Crippen LogP contribution is 2.32. The number of benzene rings is 2. The van der Waals surface area contributed by atoms with E-state index >= 15 is 0 Å². The molecule has 0 aliphatic carbocycles. The number of carbonyl (C=O) groups excluding carboxylic acids is 1. The second-order valence-electron chi connectivity index (χ2n) is 4.68. The van der Waals surface area contributed by atoms with E-state index in [4.69, 9.17) is 5.73 Å². The molecule has 102 valence electrons. The first kappa shape index (κ1) is 12.5. The van der Waals surface area contributed by atoms with Gasteiger partial charge in [0, 0.05) is 23.5 Å². The third-order valence-electron chi connectivity index (χ3n) is 3.40. The van der Waals surface area contributed by atoms with Crippen LogP contribution < -0.4 is 16.0 Å². The monoisotopic (exact) mass is 271 g/mol. The number of halogens is 1. The average Bonchev–Trinajstić information content (AvgIpc) is 2.87. The van der Waals surface area contributed by atoms with Gasteiger partial charge in [0.05, 0.1) is 5.69 Å². The van der Waals surface area contributed by atoms with Crippen LogP contribution in [0.1, 0.15) is 5.56 Å². The first-order chi connectivity index (χ1) is 9.65. The summed E-state index contributed by atoms with van der Waals surface area (Å²) in [7, 11) is 0. The zero-order valence-electron chi connectivity index (χ0n) is 10.8. The van der Waals surface area contributed by atoms with Gasteiger partial charge in [0.15, 0.2) is 0 Å². The zero-order chi connectivity index (χ0) is 14.1. The lowest BCUT2D eigenvalue weighted by molar-refractivity contribution is 0.257. The molecule has 4 nitrogen and oxygen atoms in total. The van der Waals surface area contributed by atoms with Gasteiger partial charge in [-0.2, -0.15) is 0 Å². The number of nitrogen functional groups attached to an aromatic ring is 1. The summed E-state index contributed by atoms with van der Waals surface area (Å²) in [5, 5.41) is 2.75. The molecular weight excluding hydrogens is 257 g/mol. The molecule has 0 saturated carbocycles. The fourth-order valence-electron chi connectivity index (χ4n) is 2.40. The number of nitrogens with zero attached hydrogens (tertiary/aromatic N) is 1. The summed E-state index contributed by atoms with van der Waals surface area (Å²) in [6.45, 7) is 0.594. The van der Waals surface area contributed by atoms with Crippen LogP contribution in [0.5, 0.6) is 0 Å². The fraction of sp³-hybridized carbons (Fsp3) is 0.133. The molecule has 0 fully saturated rings. The number of nitrogens with one attached hydrogen (secondary N) is 1. The average molecular weight is 271 g/mol. The zero-order valence-corrected chi connectivity index (χ0v) is 10.8. The van der Waals surface area contributed by atoms with Crippen molar-refractivity contribution >= 4 is 23.1 Å². The summed E-state index contributed by atoms with van der Waals surface area (Å²) >= 11 is 0. The number of anilines is 3. The standard InChI is InChI=1S/C15H14FN3O/c16-10-4-6-11(7-5-10)18-15(20)19-9-8-12-13(17)2-1-3-14(12)19/h1-7H,8-9,17H2,(H,18,20). The van der Waals surface area contributed by atoms with Gasteiger partial charge in [-0.3, -0.25) is 4.90 Å². The van der Waals surface area contributed by atoms with E-state index in [1.54, 1.807) is 4.90 Å². The Morgan fingerprint density at radius 2 is 1.95 bits per heavy atom. The molecule has 2 aromatic rings. The van der Waals surface area contributed by atoms with Crippen molar-refractivity contribution in [1.29, 1.82) is 0 Å². The first-order valence-electron chi connectivity index (χ1n) is 6.36. The van der Waals surface area contributed by atoms with Crippen LogP contribution in [-0.2, 0) is 6.42 Å². The Bertz CT molecular complexity index is 655. The predicted octanol–water partition coefficient (Wildman–Crippen LogP) is 3.00. The van der Waals surface area contributed by atoms with Crippen molar-refractivity contribution in [1.82, 2.24) is 0 Å². The minimum atomic E-state index is -0.331. The van der Waals surface area contributed by atoms with Gasteiger partial charge >= 0.3 is 6.03 Å². The number of urea groups is 1. The fourth-order valence-corrected chi connectivity index (χ4v) is 2.40. The lowest BCUT2D eigenvalue weighted by Crippen LogP contribution is -2.33. The number of hydrogen-bond acceptors (Lipinski definition) is 2. The third-order valence-corrected chi connectivity index (χ3v) is 3.40. The van der Waals surface area contributed by atoms with Crippen molar-refractivity contribution in [3.05, 3.63) is 53.8 Å². The molecular formula is C15H14FN3O. The maximum Gasteiger partial charge on any atom is 0.326 e. The molecule has 3 N–H and O–H groups in total. The van der Waals surface area contributed by atoms with Gasteiger partial charge in [-0.1, -0.05) is 6.07 Å². The van der Waals surface area contributed by atoms with E-state index in [9.17, 15) is 9.18 Å². The summed E-state index contributed by atoms with van der Waals surface area (Å²) in [5.74, 6) is -0.331.